The van der Waals surface area contributed by atoms with E-state index in [-0.39, 0.29) is 11.8 Å². The maximum Gasteiger partial charge on any atom is 0.229 e. The van der Waals surface area contributed by atoms with E-state index < -0.39 is 0 Å². The standard InChI is InChI=1S/C20H20N8OS/c29-19(22-20-25-24-18(30-20)12-14-4-2-1-3-5-14)15-8-10-27(11-9-15)17-7-6-16-23-21-13-28(16)26-17/h1-7,13,15H,8-12H2,(H,22,25,29). The third-order valence-corrected chi connectivity index (χ3v) is 6.07. The van der Waals surface area contributed by atoms with Crippen LogP contribution in [0.1, 0.15) is 23.4 Å². The quantitative estimate of drug-likeness (QED) is 0.529. The molecule has 9 nitrogen and oxygen atoms in total. The average molecular weight is 421 g/mol. The number of rotatable bonds is 5. The van der Waals surface area contributed by atoms with Crippen LogP contribution in [0, 0.1) is 5.92 Å². The molecule has 10 heteroatoms. The second-order valence-corrected chi connectivity index (χ2v) is 8.30. The Morgan fingerprint density at radius 2 is 1.90 bits per heavy atom. The molecule has 0 bridgehead atoms. The van der Waals surface area contributed by atoms with Crippen LogP contribution in [0.15, 0.2) is 48.8 Å². The molecule has 5 rings (SSSR count). The zero-order chi connectivity index (χ0) is 20.3. The van der Waals surface area contributed by atoms with E-state index in [1.807, 2.05) is 30.3 Å². The van der Waals surface area contributed by atoms with Gasteiger partial charge in [-0.2, -0.15) is 4.52 Å². The van der Waals surface area contributed by atoms with Gasteiger partial charge in [0.05, 0.1) is 0 Å². The van der Waals surface area contributed by atoms with Crippen LogP contribution in [0.25, 0.3) is 5.65 Å². The predicted octanol–water partition coefficient (Wildman–Crippen LogP) is 2.42. The smallest absolute Gasteiger partial charge is 0.229 e. The van der Waals surface area contributed by atoms with Crippen LogP contribution >= 0.6 is 11.3 Å². The average Bonchev–Trinajstić information content (AvgIpc) is 3.43. The minimum Gasteiger partial charge on any atom is -0.355 e. The summed E-state index contributed by atoms with van der Waals surface area (Å²) >= 11 is 1.43. The van der Waals surface area contributed by atoms with Crippen molar-refractivity contribution in [2.24, 2.45) is 5.92 Å². The van der Waals surface area contributed by atoms with Crippen LogP contribution < -0.4 is 10.2 Å². The first-order chi connectivity index (χ1) is 14.7. The molecule has 0 spiro atoms. The van der Waals surface area contributed by atoms with E-state index >= 15 is 0 Å². The number of hydrogen-bond acceptors (Lipinski definition) is 8. The lowest BCUT2D eigenvalue weighted by molar-refractivity contribution is -0.120. The zero-order valence-corrected chi connectivity index (χ0v) is 17.0. The fourth-order valence-corrected chi connectivity index (χ4v) is 4.39. The van der Waals surface area contributed by atoms with Gasteiger partial charge in [0.25, 0.3) is 0 Å². The number of nitrogens with zero attached hydrogens (tertiary/aromatic N) is 7. The van der Waals surface area contributed by atoms with Crippen LogP contribution in [0.3, 0.4) is 0 Å². The summed E-state index contributed by atoms with van der Waals surface area (Å²) in [4.78, 5) is 14.9. The Morgan fingerprint density at radius 1 is 1.07 bits per heavy atom. The van der Waals surface area contributed by atoms with E-state index in [0.29, 0.717) is 5.13 Å². The Kier molecular flexibility index (Phi) is 5.06. The molecule has 0 saturated carbocycles. The molecule has 1 fully saturated rings. The molecule has 4 aromatic rings. The lowest BCUT2D eigenvalue weighted by atomic mass is 9.96. The number of amides is 1. The summed E-state index contributed by atoms with van der Waals surface area (Å²) in [6.45, 7) is 1.54. The van der Waals surface area contributed by atoms with Crippen molar-refractivity contribution in [3.05, 3.63) is 59.4 Å². The zero-order valence-electron chi connectivity index (χ0n) is 16.2. The van der Waals surface area contributed by atoms with Crippen LogP contribution in [-0.4, -0.2) is 49.0 Å². The lowest BCUT2D eigenvalue weighted by Crippen LogP contribution is -2.38. The number of carbonyl (C=O) groups is 1. The molecule has 1 aliphatic rings. The SMILES string of the molecule is O=C(Nc1nnc(Cc2ccccc2)s1)C1CCN(c2ccc3nncn3n2)CC1. The van der Waals surface area contributed by atoms with Gasteiger partial charge in [0.15, 0.2) is 5.65 Å². The Bertz CT molecular complexity index is 1150. The van der Waals surface area contributed by atoms with E-state index in [4.69, 9.17) is 0 Å². The lowest BCUT2D eigenvalue weighted by Gasteiger charge is -2.31. The number of anilines is 2. The molecule has 4 heterocycles. The number of nitrogens with one attached hydrogen (secondary N) is 1. The predicted molar refractivity (Wildman–Crippen MR) is 114 cm³/mol. The Hall–Kier alpha value is -3.40. The Morgan fingerprint density at radius 3 is 2.73 bits per heavy atom. The minimum absolute atomic E-state index is 0.0132. The van der Waals surface area contributed by atoms with Gasteiger partial charge >= 0.3 is 0 Å². The number of piperidine rings is 1. The highest BCUT2D eigenvalue weighted by molar-refractivity contribution is 7.15. The van der Waals surface area contributed by atoms with Gasteiger partial charge in [-0.3, -0.25) is 4.79 Å². The Balaban J connectivity index is 1.16. The molecule has 3 aromatic heterocycles. The molecular weight excluding hydrogens is 400 g/mol. The van der Waals surface area contributed by atoms with Crippen molar-refractivity contribution in [3.63, 3.8) is 0 Å². The van der Waals surface area contributed by atoms with E-state index in [2.05, 4.69) is 47.8 Å². The van der Waals surface area contributed by atoms with E-state index in [0.717, 1.165) is 48.8 Å². The van der Waals surface area contributed by atoms with Crippen LogP contribution in [0.5, 0.6) is 0 Å². The summed E-state index contributed by atoms with van der Waals surface area (Å²) in [6, 6.07) is 14.0. The number of fused-ring (bicyclic) bond motifs is 1. The van der Waals surface area contributed by atoms with Gasteiger partial charge in [-0.25, -0.2) is 0 Å². The summed E-state index contributed by atoms with van der Waals surface area (Å²) in [5.41, 5.74) is 1.90. The fraction of sp³-hybridized carbons (Fsp3) is 0.300. The van der Waals surface area contributed by atoms with Gasteiger partial charge < -0.3 is 10.2 Å². The molecule has 0 unspecified atom stereocenters. The molecule has 1 N–H and O–H groups in total. The van der Waals surface area contributed by atoms with E-state index in [1.165, 1.54) is 16.9 Å². The highest BCUT2D eigenvalue weighted by Crippen LogP contribution is 2.24. The summed E-state index contributed by atoms with van der Waals surface area (Å²) < 4.78 is 1.66. The first-order valence-electron chi connectivity index (χ1n) is 9.84. The number of aromatic nitrogens is 6. The van der Waals surface area contributed by atoms with E-state index in [1.54, 1.807) is 10.8 Å². The van der Waals surface area contributed by atoms with Crippen molar-refractivity contribution in [3.8, 4) is 0 Å². The highest BCUT2D eigenvalue weighted by Gasteiger charge is 2.26. The number of carbonyl (C=O) groups excluding carboxylic acids is 1. The molecular formula is C20H20N8OS. The third kappa shape index (κ3) is 3.99. The van der Waals surface area contributed by atoms with Gasteiger partial charge in [-0.05, 0) is 30.5 Å². The van der Waals surface area contributed by atoms with Crippen molar-refractivity contribution < 1.29 is 4.79 Å². The fourth-order valence-electron chi connectivity index (χ4n) is 3.61. The van der Waals surface area contributed by atoms with Crippen molar-refractivity contribution in [1.82, 2.24) is 30.0 Å². The molecule has 0 aliphatic carbocycles. The summed E-state index contributed by atoms with van der Waals surface area (Å²) in [6.07, 6.45) is 3.84. The molecule has 1 aliphatic heterocycles. The second kappa shape index (κ2) is 8.15. The topological polar surface area (TPSA) is 101 Å². The maximum absolute atomic E-state index is 12.7. The molecule has 1 aromatic carbocycles. The first kappa shape index (κ1) is 18.6. The van der Waals surface area contributed by atoms with Gasteiger partial charge in [0.2, 0.25) is 11.0 Å². The van der Waals surface area contributed by atoms with E-state index in [9.17, 15) is 4.79 Å². The highest BCUT2D eigenvalue weighted by atomic mass is 32.1. The van der Waals surface area contributed by atoms with Gasteiger partial charge in [0.1, 0.15) is 17.2 Å². The van der Waals surface area contributed by atoms with Crippen molar-refractivity contribution in [1.29, 1.82) is 0 Å². The van der Waals surface area contributed by atoms with Gasteiger partial charge in [-0.15, -0.1) is 25.5 Å². The third-order valence-electron chi connectivity index (χ3n) is 5.23. The summed E-state index contributed by atoms with van der Waals surface area (Å²) in [7, 11) is 0. The Labute approximate surface area is 176 Å². The molecule has 1 saturated heterocycles. The first-order valence-corrected chi connectivity index (χ1v) is 10.7. The summed E-state index contributed by atoms with van der Waals surface area (Å²) in [5.74, 6) is 0.844. The van der Waals surface area contributed by atoms with Gasteiger partial charge in [-0.1, -0.05) is 41.7 Å². The maximum atomic E-state index is 12.7. The van der Waals surface area contributed by atoms with Gasteiger partial charge in [0, 0.05) is 25.4 Å². The normalized spacial score (nSPS) is 14.9. The van der Waals surface area contributed by atoms with Crippen molar-refractivity contribution in [2.45, 2.75) is 19.3 Å². The van der Waals surface area contributed by atoms with Crippen LogP contribution in [0.4, 0.5) is 10.9 Å². The minimum atomic E-state index is -0.0404. The molecule has 0 radical (unpaired) electrons. The monoisotopic (exact) mass is 420 g/mol. The van der Waals surface area contributed by atoms with Crippen LogP contribution in [0.2, 0.25) is 0 Å². The second-order valence-electron chi connectivity index (χ2n) is 7.24. The number of benzene rings is 1. The molecule has 0 atom stereocenters. The number of hydrogen-bond donors (Lipinski definition) is 1. The van der Waals surface area contributed by atoms with Crippen molar-refractivity contribution >= 4 is 33.8 Å². The molecule has 30 heavy (non-hydrogen) atoms. The molecule has 1 amide bonds. The summed E-state index contributed by atoms with van der Waals surface area (Å²) in [5, 5.41) is 25.1. The largest absolute Gasteiger partial charge is 0.355 e. The molecule has 152 valence electrons. The van der Waals surface area contributed by atoms with Crippen LogP contribution in [-0.2, 0) is 11.2 Å². The van der Waals surface area contributed by atoms with Crippen molar-refractivity contribution in [2.75, 3.05) is 23.3 Å².